The highest BCUT2D eigenvalue weighted by atomic mass is 35.5. The SMILES string of the molecule is CC(C)(C)OC(=O)N1CCCC(Oc2nc(-c3cc(-c4ccon4)n(Cc4ccccc4F)n3)ncc2F)C1.Cl.Fc1ccccc1Cn1nc(-c2ncc(F)c(OC3CCCNC3)n2)cc1-c1ccon1. The molecule has 2 aliphatic rings. The zero-order chi connectivity index (χ0) is 49.5. The number of nitrogens with zero attached hydrogens (tertiary/aromatic N) is 11. The van der Waals surface area contributed by atoms with Crippen molar-refractivity contribution >= 4 is 18.5 Å². The van der Waals surface area contributed by atoms with Gasteiger partial charge in [-0.1, -0.05) is 46.7 Å². The fourth-order valence-corrected chi connectivity index (χ4v) is 7.85. The van der Waals surface area contributed by atoms with Crippen LogP contribution in [0.15, 0.2) is 107 Å². The minimum Gasteiger partial charge on any atom is -0.471 e. The van der Waals surface area contributed by atoms with E-state index in [1.54, 1.807) is 95.7 Å². The Kier molecular flexibility index (Phi) is 15.9. The zero-order valence-corrected chi connectivity index (χ0v) is 40.1. The Morgan fingerprint density at radius 2 is 1.21 bits per heavy atom. The number of benzene rings is 2. The van der Waals surface area contributed by atoms with E-state index in [1.165, 1.54) is 24.7 Å². The minimum atomic E-state index is -0.740. The Labute approximate surface area is 416 Å². The molecular weight excluding hydrogens is 964 g/mol. The Morgan fingerprint density at radius 1 is 0.694 bits per heavy atom. The van der Waals surface area contributed by atoms with Gasteiger partial charge in [-0.2, -0.15) is 28.9 Å². The van der Waals surface area contributed by atoms with Crippen molar-refractivity contribution in [2.24, 2.45) is 0 Å². The second kappa shape index (κ2) is 22.6. The third-order valence-corrected chi connectivity index (χ3v) is 11.2. The standard InChI is InChI=1S/C27H28F2N6O4.C22H20F2N6O2.ClH/c1-27(2,3)39-26(36)34-11-6-8-18(16-34)38-25-20(29)14-30-24(31-25)22-13-23(21-10-12-37-33-21)35(32-22)15-17-7-4-5-9-19(17)28;23-16-6-2-1-4-14(16)13-30-20(18-7-9-31-29-18)10-19(28-30)21-26-12-17(24)22(27-21)32-15-5-3-8-25-11-15;/h4-5,7,9-10,12-14,18H,6,8,11,15-16H2,1-3H3;1-2,4,6-7,9-10,12,15,25H,3,5,8,11,13H2;1H. The third-order valence-electron chi connectivity index (χ3n) is 11.2. The second-order valence-electron chi connectivity index (χ2n) is 17.7. The van der Waals surface area contributed by atoms with E-state index in [9.17, 15) is 22.4 Å². The molecule has 0 spiro atoms. The van der Waals surface area contributed by atoms with Crippen LogP contribution in [0.3, 0.4) is 0 Å². The van der Waals surface area contributed by atoms with E-state index in [2.05, 4.69) is 45.8 Å². The summed E-state index contributed by atoms with van der Waals surface area (Å²) in [6.07, 6.45) is 6.91. The molecule has 10 rings (SSSR count). The van der Waals surface area contributed by atoms with E-state index in [1.807, 2.05) is 0 Å². The lowest BCUT2D eigenvalue weighted by Crippen LogP contribution is -2.46. The normalized spacial score (nSPS) is 15.8. The number of ether oxygens (including phenoxy) is 3. The van der Waals surface area contributed by atoms with E-state index >= 15 is 0 Å². The van der Waals surface area contributed by atoms with Crippen molar-refractivity contribution in [3.63, 3.8) is 0 Å². The predicted molar refractivity (Wildman–Crippen MR) is 254 cm³/mol. The Morgan fingerprint density at radius 3 is 1.68 bits per heavy atom. The van der Waals surface area contributed by atoms with Gasteiger partial charge in [0.05, 0.1) is 43.4 Å². The van der Waals surface area contributed by atoms with Gasteiger partial charge in [-0.05, 0) is 77.3 Å². The molecule has 2 aromatic carbocycles. The molecule has 8 aromatic rings. The van der Waals surface area contributed by atoms with Gasteiger partial charge in [-0.25, -0.2) is 23.5 Å². The average molecular weight is 1010 g/mol. The highest BCUT2D eigenvalue weighted by Gasteiger charge is 2.30. The smallest absolute Gasteiger partial charge is 0.410 e. The number of aromatic nitrogens is 10. The number of amides is 1. The minimum absolute atomic E-state index is 0. The van der Waals surface area contributed by atoms with Crippen LogP contribution >= 0.6 is 12.4 Å². The highest BCUT2D eigenvalue weighted by molar-refractivity contribution is 5.85. The molecule has 2 fully saturated rings. The van der Waals surface area contributed by atoms with Gasteiger partial charge in [0.25, 0.3) is 11.8 Å². The molecule has 8 heterocycles. The van der Waals surface area contributed by atoms with Crippen molar-refractivity contribution in [2.75, 3.05) is 26.2 Å². The Balaban J connectivity index is 0.000000193. The van der Waals surface area contributed by atoms with Crippen LogP contribution in [0.5, 0.6) is 11.8 Å². The first-order valence-electron chi connectivity index (χ1n) is 22.9. The molecule has 1 N–H and O–H groups in total. The van der Waals surface area contributed by atoms with Crippen LogP contribution in [0, 0.1) is 23.3 Å². The number of hydrogen-bond donors (Lipinski definition) is 1. The topological polar surface area (TPSA) is 199 Å². The average Bonchev–Trinajstić information content (AvgIpc) is 4.21. The summed E-state index contributed by atoms with van der Waals surface area (Å²) in [5.74, 6) is -2.14. The van der Waals surface area contributed by atoms with Crippen molar-refractivity contribution < 1.29 is 45.6 Å². The quantitative estimate of drug-likeness (QED) is 0.114. The maximum Gasteiger partial charge on any atom is 0.410 e. The number of hydrogen-bond acceptors (Lipinski definition) is 15. The first-order valence-corrected chi connectivity index (χ1v) is 22.9. The Hall–Kier alpha value is -7.72. The van der Waals surface area contributed by atoms with Gasteiger partial charge in [-0.15, -0.1) is 12.4 Å². The number of carbonyl (C=O) groups is 1. The molecule has 6 aromatic heterocycles. The molecule has 23 heteroatoms. The van der Waals surface area contributed by atoms with Crippen LogP contribution in [-0.4, -0.2) is 105 Å². The molecular formula is C49H49ClF4N12O6. The lowest BCUT2D eigenvalue weighted by Gasteiger charge is -2.33. The lowest BCUT2D eigenvalue weighted by molar-refractivity contribution is 0.00674. The van der Waals surface area contributed by atoms with E-state index in [4.69, 9.17) is 23.3 Å². The molecule has 0 radical (unpaired) electrons. The molecule has 0 bridgehead atoms. The highest BCUT2D eigenvalue weighted by Crippen LogP contribution is 2.30. The fraction of sp³-hybridized carbons (Fsp3) is 0.327. The third kappa shape index (κ3) is 12.4. The van der Waals surface area contributed by atoms with Gasteiger partial charge in [0.2, 0.25) is 11.6 Å². The van der Waals surface area contributed by atoms with Crippen molar-refractivity contribution in [1.29, 1.82) is 0 Å². The van der Waals surface area contributed by atoms with E-state index < -0.39 is 29.4 Å². The van der Waals surface area contributed by atoms with E-state index in [-0.39, 0.29) is 73.2 Å². The number of nitrogens with one attached hydrogen (secondary N) is 1. The van der Waals surface area contributed by atoms with Crippen molar-refractivity contribution in [3.05, 3.63) is 132 Å². The van der Waals surface area contributed by atoms with E-state index in [0.29, 0.717) is 71.2 Å². The molecule has 18 nitrogen and oxygen atoms in total. The maximum absolute atomic E-state index is 14.7. The first kappa shape index (κ1) is 50.7. The van der Waals surface area contributed by atoms with Gasteiger partial charge in [-0.3, -0.25) is 9.36 Å². The molecule has 0 saturated carbocycles. The van der Waals surface area contributed by atoms with Crippen LogP contribution in [0.1, 0.15) is 57.6 Å². The summed E-state index contributed by atoms with van der Waals surface area (Å²) in [6, 6.07) is 19.5. The molecule has 2 atom stereocenters. The summed E-state index contributed by atoms with van der Waals surface area (Å²) in [6.45, 7) is 7.98. The molecule has 2 aliphatic heterocycles. The molecule has 0 aliphatic carbocycles. The largest absolute Gasteiger partial charge is 0.471 e. The number of halogens is 5. The molecule has 2 saturated heterocycles. The predicted octanol–water partition coefficient (Wildman–Crippen LogP) is 8.97. The molecule has 2 unspecified atom stereocenters. The number of likely N-dealkylation sites (tertiary alicyclic amines) is 1. The monoisotopic (exact) mass is 1010 g/mol. The fourth-order valence-electron chi connectivity index (χ4n) is 7.85. The number of carbonyl (C=O) groups excluding carboxylic acids is 1. The summed E-state index contributed by atoms with van der Waals surface area (Å²) >= 11 is 0. The summed E-state index contributed by atoms with van der Waals surface area (Å²) in [4.78, 5) is 30.8. The van der Waals surface area contributed by atoms with Gasteiger partial charge in [0.1, 0.15) is 64.7 Å². The summed E-state index contributed by atoms with van der Waals surface area (Å²) < 4.78 is 87.8. The molecule has 1 amide bonds. The van der Waals surface area contributed by atoms with Crippen LogP contribution in [0.25, 0.3) is 45.8 Å². The van der Waals surface area contributed by atoms with Gasteiger partial charge >= 0.3 is 6.09 Å². The molecule has 376 valence electrons. The number of piperidine rings is 2. The number of rotatable bonds is 12. The summed E-state index contributed by atoms with van der Waals surface area (Å²) in [5, 5.41) is 20.3. The summed E-state index contributed by atoms with van der Waals surface area (Å²) in [5.41, 5.74) is 3.08. The maximum atomic E-state index is 14.7. The van der Waals surface area contributed by atoms with Crippen LogP contribution in [0.2, 0.25) is 0 Å². The van der Waals surface area contributed by atoms with Crippen molar-refractivity contribution in [3.8, 4) is 57.6 Å². The second-order valence-corrected chi connectivity index (χ2v) is 17.7. The van der Waals surface area contributed by atoms with Crippen LogP contribution in [0.4, 0.5) is 22.4 Å². The van der Waals surface area contributed by atoms with Crippen LogP contribution in [-0.2, 0) is 17.8 Å². The van der Waals surface area contributed by atoms with Crippen molar-refractivity contribution in [1.82, 2.24) is 60.0 Å². The van der Waals surface area contributed by atoms with Crippen LogP contribution < -0.4 is 14.8 Å². The first-order chi connectivity index (χ1) is 34.3. The Bertz CT molecular complexity index is 3070. The van der Waals surface area contributed by atoms with Crippen molar-refractivity contribution in [2.45, 2.75) is 77.4 Å². The summed E-state index contributed by atoms with van der Waals surface area (Å²) in [7, 11) is 0. The van der Waals surface area contributed by atoms with Gasteiger partial charge < -0.3 is 33.5 Å². The van der Waals surface area contributed by atoms with Gasteiger partial charge in [0.15, 0.2) is 11.6 Å². The zero-order valence-electron chi connectivity index (χ0n) is 39.3. The lowest BCUT2D eigenvalue weighted by atomic mass is 10.1. The molecule has 72 heavy (non-hydrogen) atoms. The van der Waals surface area contributed by atoms with Gasteiger partial charge in [0, 0.05) is 36.3 Å². The van der Waals surface area contributed by atoms with E-state index in [0.717, 1.165) is 31.8 Å².